The number of nitrogens with zero attached hydrogens (tertiary/aromatic N) is 3. The normalized spacial score (nSPS) is 19.0. The molecular formula is C35H39ClFN5O3S. The van der Waals surface area contributed by atoms with Gasteiger partial charge in [-0.15, -0.1) is 0 Å². The summed E-state index contributed by atoms with van der Waals surface area (Å²) in [6, 6.07) is 10.8. The maximum atomic E-state index is 15.7. The molecule has 2 fully saturated rings. The van der Waals surface area contributed by atoms with Crippen molar-refractivity contribution < 1.29 is 17.9 Å². The first kappa shape index (κ1) is 31.3. The van der Waals surface area contributed by atoms with Gasteiger partial charge in [-0.05, 0) is 116 Å². The number of anilines is 2. The highest BCUT2D eigenvalue weighted by molar-refractivity contribution is 7.92. The highest BCUT2D eigenvalue weighted by Gasteiger charge is 2.32. The summed E-state index contributed by atoms with van der Waals surface area (Å²) in [7, 11) is -4.10. The van der Waals surface area contributed by atoms with E-state index in [1.165, 1.54) is 31.0 Å². The average Bonchev–Trinajstić information content (AvgIpc) is 3.83. The van der Waals surface area contributed by atoms with E-state index in [1.807, 2.05) is 26.0 Å². The quantitative estimate of drug-likeness (QED) is 0.176. The Hall–Kier alpha value is -3.31. The molecule has 2 heterocycles. The maximum absolute atomic E-state index is 15.7. The predicted octanol–water partition coefficient (Wildman–Crippen LogP) is 7.03. The third-order valence-corrected chi connectivity index (χ3v) is 11.4. The molecule has 46 heavy (non-hydrogen) atoms. The van der Waals surface area contributed by atoms with Crippen molar-refractivity contribution >= 4 is 44.2 Å². The number of hydrogen-bond acceptors (Lipinski definition) is 7. The molecule has 1 saturated carbocycles. The van der Waals surface area contributed by atoms with Crippen LogP contribution in [0, 0.1) is 5.82 Å². The van der Waals surface area contributed by atoms with E-state index in [9.17, 15) is 13.5 Å². The third kappa shape index (κ3) is 5.96. The van der Waals surface area contributed by atoms with E-state index in [4.69, 9.17) is 16.6 Å². The molecule has 242 valence electrons. The van der Waals surface area contributed by atoms with Gasteiger partial charge in [0.2, 0.25) is 5.95 Å². The molecule has 0 amide bonds. The Labute approximate surface area is 274 Å². The number of fused-ring (bicyclic) bond motifs is 2. The molecule has 7 rings (SSSR count). The van der Waals surface area contributed by atoms with Crippen LogP contribution in [0.3, 0.4) is 0 Å². The molecule has 4 aromatic rings. The fourth-order valence-corrected chi connectivity index (χ4v) is 8.91. The molecule has 8 nitrogen and oxygen atoms in total. The smallest absolute Gasteiger partial charge is 0.262 e. The Balaban J connectivity index is 1.20. The predicted molar refractivity (Wildman–Crippen MR) is 180 cm³/mol. The highest BCUT2D eigenvalue weighted by Crippen LogP contribution is 2.40. The van der Waals surface area contributed by atoms with Crippen molar-refractivity contribution in [3.05, 3.63) is 75.7 Å². The fraction of sp³-hybridized carbons (Fsp3) is 0.429. The maximum Gasteiger partial charge on any atom is 0.262 e. The van der Waals surface area contributed by atoms with E-state index in [0.717, 1.165) is 48.4 Å². The summed E-state index contributed by atoms with van der Waals surface area (Å²) in [6.45, 7) is 6.12. The number of sulfonamides is 1. The molecule has 1 saturated heterocycles. The topological polar surface area (TPSA) is 107 Å². The zero-order valence-electron chi connectivity index (χ0n) is 26.1. The molecule has 2 aliphatic carbocycles. The largest absolute Gasteiger partial charge is 0.388 e. The van der Waals surface area contributed by atoms with Crippen LogP contribution in [0.1, 0.15) is 74.3 Å². The molecular weight excluding hydrogens is 625 g/mol. The number of aryl methyl sites for hydroxylation is 1. The Kier molecular flexibility index (Phi) is 8.42. The van der Waals surface area contributed by atoms with E-state index < -0.39 is 21.9 Å². The minimum absolute atomic E-state index is 0.0356. The fourth-order valence-electron chi connectivity index (χ4n) is 7.20. The Morgan fingerprint density at radius 3 is 2.54 bits per heavy atom. The van der Waals surface area contributed by atoms with E-state index >= 15 is 4.39 Å². The van der Waals surface area contributed by atoms with Crippen LogP contribution in [-0.2, 0) is 29.3 Å². The van der Waals surface area contributed by atoms with Crippen LogP contribution in [-0.4, -0.2) is 53.6 Å². The first-order chi connectivity index (χ1) is 22.1. The van der Waals surface area contributed by atoms with Crippen molar-refractivity contribution in [2.45, 2.75) is 88.3 Å². The number of aliphatic hydroxyl groups excluding tert-OH is 1. The van der Waals surface area contributed by atoms with Crippen LogP contribution >= 0.6 is 11.6 Å². The third-order valence-electron chi connectivity index (χ3n) is 9.74. The van der Waals surface area contributed by atoms with E-state index in [-0.39, 0.29) is 9.92 Å². The molecule has 0 unspecified atom stereocenters. The molecule has 11 heteroatoms. The molecule has 0 radical (unpaired) electrons. The SMILES string of the molecule is CCc1c(NS(=O)(=O)c2cc(Cl)cc3c2CC[C@H]3O)ccc(F)c1-c1cc(CC)c2nc(NC3CCN(C4CC4)CC3)ncc2c1. The van der Waals surface area contributed by atoms with Crippen molar-refractivity contribution in [2.75, 3.05) is 23.1 Å². The number of benzene rings is 3. The second-order valence-electron chi connectivity index (χ2n) is 12.7. The van der Waals surface area contributed by atoms with Crippen LogP contribution < -0.4 is 10.0 Å². The van der Waals surface area contributed by atoms with E-state index in [0.29, 0.717) is 71.2 Å². The molecule has 3 N–H and O–H groups in total. The van der Waals surface area contributed by atoms with Gasteiger partial charge in [0.05, 0.1) is 22.2 Å². The van der Waals surface area contributed by atoms with Crippen LogP contribution in [0.25, 0.3) is 22.0 Å². The van der Waals surface area contributed by atoms with E-state index in [1.54, 1.807) is 12.3 Å². The molecule has 3 aromatic carbocycles. The lowest BCUT2D eigenvalue weighted by Gasteiger charge is -2.32. The first-order valence-electron chi connectivity index (χ1n) is 16.3. The van der Waals surface area contributed by atoms with Crippen molar-refractivity contribution in [2.24, 2.45) is 0 Å². The molecule has 1 aromatic heterocycles. The number of halogens is 2. The molecule has 0 bridgehead atoms. The van der Waals surface area contributed by atoms with Crippen molar-refractivity contribution in [1.82, 2.24) is 14.9 Å². The number of nitrogens with one attached hydrogen (secondary N) is 2. The van der Waals surface area contributed by atoms with Gasteiger partial charge in [-0.2, -0.15) is 0 Å². The van der Waals surface area contributed by atoms with Crippen LogP contribution in [0.5, 0.6) is 0 Å². The summed E-state index contributed by atoms with van der Waals surface area (Å²) in [5, 5.41) is 14.9. The number of rotatable bonds is 9. The van der Waals surface area contributed by atoms with Gasteiger partial charge in [0.1, 0.15) is 5.82 Å². The van der Waals surface area contributed by atoms with Crippen LogP contribution in [0.4, 0.5) is 16.0 Å². The number of hydrogen-bond donors (Lipinski definition) is 3. The lowest BCUT2D eigenvalue weighted by atomic mass is 9.93. The summed E-state index contributed by atoms with van der Waals surface area (Å²) >= 11 is 6.27. The van der Waals surface area contributed by atoms with Gasteiger partial charge in [0.15, 0.2) is 0 Å². The van der Waals surface area contributed by atoms with Crippen molar-refractivity contribution in [3.63, 3.8) is 0 Å². The van der Waals surface area contributed by atoms with Gasteiger partial charge < -0.3 is 15.3 Å². The Morgan fingerprint density at radius 2 is 1.83 bits per heavy atom. The van der Waals surface area contributed by atoms with Crippen molar-refractivity contribution in [3.8, 4) is 11.1 Å². The van der Waals surface area contributed by atoms with Gasteiger partial charge in [0.25, 0.3) is 10.0 Å². The van der Waals surface area contributed by atoms with Crippen LogP contribution in [0.15, 0.2) is 47.5 Å². The summed E-state index contributed by atoms with van der Waals surface area (Å²) in [5.41, 5.74) is 4.70. The Morgan fingerprint density at radius 1 is 1.04 bits per heavy atom. The second-order valence-corrected chi connectivity index (χ2v) is 14.8. The highest BCUT2D eigenvalue weighted by atomic mass is 35.5. The zero-order valence-corrected chi connectivity index (χ0v) is 27.7. The zero-order chi connectivity index (χ0) is 32.2. The van der Waals surface area contributed by atoms with Crippen molar-refractivity contribution in [1.29, 1.82) is 0 Å². The molecule has 0 spiro atoms. The Bertz CT molecular complexity index is 1930. The summed E-state index contributed by atoms with van der Waals surface area (Å²) in [4.78, 5) is 12.2. The minimum Gasteiger partial charge on any atom is -0.388 e. The molecule has 3 aliphatic rings. The van der Waals surface area contributed by atoms with Crippen LogP contribution in [0.2, 0.25) is 5.02 Å². The summed E-state index contributed by atoms with van der Waals surface area (Å²) in [5.74, 6) is 0.168. The number of aromatic nitrogens is 2. The van der Waals surface area contributed by atoms with Gasteiger partial charge in [-0.3, -0.25) is 4.72 Å². The summed E-state index contributed by atoms with van der Waals surface area (Å²) < 4.78 is 45.9. The average molecular weight is 664 g/mol. The van der Waals surface area contributed by atoms with Gasteiger partial charge in [-0.25, -0.2) is 22.8 Å². The molecule has 1 atom stereocenters. The molecule has 1 aliphatic heterocycles. The number of aliphatic hydroxyl groups is 1. The second kappa shape index (κ2) is 12.4. The lowest BCUT2D eigenvalue weighted by molar-refractivity contribution is 0.180. The van der Waals surface area contributed by atoms with E-state index in [2.05, 4.69) is 19.9 Å². The first-order valence-corrected chi connectivity index (χ1v) is 18.2. The van der Waals surface area contributed by atoms with Gasteiger partial charge in [-0.1, -0.05) is 25.4 Å². The van der Waals surface area contributed by atoms with Gasteiger partial charge >= 0.3 is 0 Å². The summed E-state index contributed by atoms with van der Waals surface area (Å²) in [6.07, 6.45) is 7.75. The minimum atomic E-state index is -4.10. The van der Waals surface area contributed by atoms with Gasteiger partial charge in [0, 0.05) is 47.3 Å². The monoisotopic (exact) mass is 663 g/mol. The number of likely N-dealkylation sites (tertiary alicyclic amines) is 1. The lowest BCUT2D eigenvalue weighted by Crippen LogP contribution is -2.40. The standard InChI is InChI=1S/C35H39ClFN5O3S/c1-3-20-15-21(16-22-19-38-35(40-34(20)22)39-24-11-13-42(14-12-24)25-5-6-25)33-26(4-2)30(9-8-29(33)37)41-46(44,45)32-18-23(36)17-28-27(32)7-10-31(28)43/h8-9,15-19,24-25,31,41,43H,3-7,10-14H2,1-2H3,(H,38,39,40)/t31-/m1/s1. The number of piperidine rings is 1.